The summed E-state index contributed by atoms with van der Waals surface area (Å²) in [5.41, 5.74) is 6.36. The predicted molar refractivity (Wildman–Crippen MR) is 67.1 cm³/mol. The highest BCUT2D eigenvalue weighted by Gasteiger charge is 1.86. The van der Waals surface area contributed by atoms with Crippen LogP contribution in [0.15, 0.2) is 36.4 Å². The molecule has 0 saturated heterocycles. The third-order valence-electron chi connectivity index (χ3n) is 1.44. The third kappa shape index (κ3) is 5.67. The lowest BCUT2D eigenvalue weighted by Crippen LogP contribution is -2.03. The van der Waals surface area contributed by atoms with Crippen LogP contribution in [0.3, 0.4) is 0 Å². The van der Waals surface area contributed by atoms with Crippen molar-refractivity contribution in [2.24, 2.45) is 5.73 Å². The van der Waals surface area contributed by atoms with Gasteiger partial charge in [0.05, 0.1) is 0 Å². The van der Waals surface area contributed by atoms with Gasteiger partial charge in [0.25, 0.3) is 0 Å². The Balaban J connectivity index is 0.00000169. The van der Waals surface area contributed by atoms with E-state index in [2.05, 4.69) is 0 Å². The lowest BCUT2D eigenvalue weighted by atomic mass is 10.2. The SMILES string of the molecule is Cl.N=C(N)SC/C=C/c1ccccc1. The minimum absolute atomic E-state index is 0. The number of nitrogens with one attached hydrogen (secondary N) is 1. The van der Waals surface area contributed by atoms with Crippen LogP contribution in [0.5, 0.6) is 0 Å². The van der Waals surface area contributed by atoms with Gasteiger partial charge in [-0.05, 0) is 5.56 Å². The number of hydrogen-bond acceptors (Lipinski definition) is 2. The first-order valence-electron chi connectivity index (χ1n) is 3.97. The van der Waals surface area contributed by atoms with E-state index in [4.69, 9.17) is 11.1 Å². The molecule has 0 aliphatic rings. The summed E-state index contributed by atoms with van der Waals surface area (Å²) in [6, 6.07) is 10.1. The highest BCUT2D eigenvalue weighted by atomic mass is 35.5. The number of thioether (sulfide) groups is 1. The van der Waals surface area contributed by atoms with Crippen molar-refractivity contribution in [3.63, 3.8) is 0 Å². The van der Waals surface area contributed by atoms with E-state index >= 15 is 0 Å². The molecule has 0 amide bonds. The molecule has 4 heteroatoms. The average molecular weight is 229 g/mol. The number of benzene rings is 1. The normalized spacial score (nSPS) is 9.71. The van der Waals surface area contributed by atoms with Gasteiger partial charge in [0.1, 0.15) is 0 Å². The second-order valence-electron chi connectivity index (χ2n) is 2.49. The Morgan fingerprint density at radius 3 is 2.57 bits per heavy atom. The van der Waals surface area contributed by atoms with Crippen molar-refractivity contribution in [1.82, 2.24) is 0 Å². The number of hydrogen-bond donors (Lipinski definition) is 2. The van der Waals surface area contributed by atoms with Crippen molar-refractivity contribution >= 4 is 35.4 Å². The van der Waals surface area contributed by atoms with Crippen molar-refractivity contribution in [2.75, 3.05) is 5.75 Å². The zero-order valence-corrected chi connectivity index (χ0v) is 9.28. The molecule has 3 N–H and O–H groups in total. The zero-order chi connectivity index (χ0) is 9.52. The van der Waals surface area contributed by atoms with Crippen LogP contribution in [0.4, 0.5) is 0 Å². The maximum absolute atomic E-state index is 6.98. The fourth-order valence-electron chi connectivity index (χ4n) is 0.886. The van der Waals surface area contributed by atoms with Gasteiger partial charge in [0.15, 0.2) is 5.17 Å². The first-order chi connectivity index (χ1) is 6.29. The molecule has 1 aromatic rings. The molecule has 14 heavy (non-hydrogen) atoms. The van der Waals surface area contributed by atoms with Gasteiger partial charge in [-0.1, -0.05) is 54.2 Å². The summed E-state index contributed by atoms with van der Waals surface area (Å²) in [4.78, 5) is 0. The maximum Gasteiger partial charge on any atom is 0.151 e. The number of rotatable bonds is 3. The molecule has 0 fully saturated rings. The van der Waals surface area contributed by atoms with Gasteiger partial charge < -0.3 is 5.73 Å². The molecular formula is C10H13ClN2S. The van der Waals surface area contributed by atoms with Crippen LogP contribution in [0, 0.1) is 5.41 Å². The summed E-state index contributed by atoms with van der Waals surface area (Å²) in [5, 5.41) is 7.15. The van der Waals surface area contributed by atoms with Crippen molar-refractivity contribution in [1.29, 1.82) is 5.41 Å². The van der Waals surface area contributed by atoms with E-state index in [9.17, 15) is 0 Å². The van der Waals surface area contributed by atoms with E-state index in [0.717, 1.165) is 5.75 Å². The van der Waals surface area contributed by atoms with Crippen LogP contribution in [0.2, 0.25) is 0 Å². The van der Waals surface area contributed by atoms with Gasteiger partial charge >= 0.3 is 0 Å². The minimum atomic E-state index is 0. The van der Waals surface area contributed by atoms with Crippen molar-refractivity contribution < 1.29 is 0 Å². The molecule has 76 valence electrons. The van der Waals surface area contributed by atoms with E-state index in [0.29, 0.717) is 0 Å². The Bertz CT molecular complexity index is 298. The summed E-state index contributed by atoms with van der Waals surface area (Å²) >= 11 is 1.32. The minimum Gasteiger partial charge on any atom is -0.379 e. The largest absolute Gasteiger partial charge is 0.379 e. The topological polar surface area (TPSA) is 49.9 Å². The van der Waals surface area contributed by atoms with Gasteiger partial charge in [-0.15, -0.1) is 12.4 Å². The standard InChI is InChI=1S/C10H12N2S.ClH/c11-10(12)13-8-4-7-9-5-2-1-3-6-9;/h1-7H,8H2,(H3,11,12);1H/b7-4+;. The Labute approximate surface area is 94.5 Å². The molecule has 0 atom stereocenters. The molecule has 0 aromatic heterocycles. The number of halogens is 1. The molecule has 0 radical (unpaired) electrons. The fourth-order valence-corrected chi connectivity index (χ4v) is 1.26. The van der Waals surface area contributed by atoms with E-state index < -0.39 is 0 Å². The van der Waals surface area contributed by atoms with E-state index in [1.54, 1.807) is 0 Å². The van der Waals surface area contributed by atoms with Gasteiger partial charge in [-0.25, -0.2) is 0 Å². The molecule has 0 aliphatic carbocycles. The lowest BCUT2D eigenvalue weighted by Gasteiger charge is -1.92. The van der Waals surface area contributed by atoms with Crippen molar-refractivity contribution in [2.45, 2.75) is 0 Å². The van der Waals surface area contributed by atoms with E-state index in [1.807, 2.05) is 42.5 Å². The quantitative estimate of drug-likeness (QED) is 0.618. The molecule has 0 unspecified atom stereocenters. The summed E-state index contributed by atoms with van der Waals surface area (Å²) < 4.78 is 0. The third-order valence-corrected chi connectivity index (χ3v) is 2.12. The van der Waals surface area contributed by atoms with Gasteiger partial charge in [0.2, 0.25) is 0 Å². The summed E-state index contributed by atoms with van der Waals surface area (Å²) in [6.07, 6.45) is 4.03. The van der Waals surface area contributed by atoms with E-state index in [1.165, 1.54) is 17.3 Å². The zero-order valence-electron chi connectivity index (χ0n) is 7.64. The molecule has 0 spiro atoms. The summed E-state index contributed by atoms with van der Waals surface area (Å²) in [6.45, 7) is 0. The first kappa shape index (κ1) is 13.1. The molecular weight excluding hydrogens is 216 g/mol. The smallest absolute Gasteiger partial charge is 0.151 e. The Morgan fingerprint density at radius 1 is 1.36 bits per heavy atom. The van der Waals surface area contributed by atoms with Gasteiger partial charge in [-0.2, -0.15) is 0 Å². The Kier molecular flexibility index (Phi) is 6.98. The van der Waals surface area contributed by atoms with E-state index in [-0.39, 0.29) is 17.6 Å². The van der Waals surface area contributed by atoms with Crippen LogP contribution in [0.1, 0.15) is 5.56 Å². The Morgan fingerprint density at radius 2 is 2.00 bits per heavy atom. The number of amidine groups is 1. The highest BCUT2D eigenvalue weighted by Crippen LogP contribution is 2.03. The maximum atomic E-state index is 6.98. The second-order valence-corrected chi connectivity index (χ2v) is 3.55. The van der Waals surface area contributed by atoms with Crippen LogP contribution in [0.25, 0.3) is 6.08 Å². The molecule has 1 rings (SSSR count). The van der Waals surface area contributed by atoms with Gasteiger partial charge in [0, 0.05) is 5.75 Å². The Hall–Kier alpha value is -0.930. The molecule has 2 nitrogen and oxygen atoms in total. The summed E-state index contributed by atoms with van der Waals surface area (Å²) in [5.74, 6) is 0.754. The average Bonchev–Trinajstić information content (AvgIpc) is 2.14. The summed E-state index contributed by atoms with van der Waals surface area (Å²) in [7, 11) is 0. The van der Waals surface area contributed by atoms with Crippen LogP contribution < -0.4 is 5.73 Å². The first-order valence-corrected chi connectivity index (χ1v) is 4.96. The lowest BCUT2D eigenvalue weighted by molar-refractivity contribution is 1.50. The molecule has 0 aliphatic heterocycles. The molecule has 0 saturated carbocycles. The van der Waals surface area contributed by atoms with Crippen LogP contribution in [-0.4, -0.2) is 10.9 Å². The highest BCUT2D eigenvalue weighted by molar-refractivity contribution is 8.13. The fraction of sp³-hybridized carbons (Fsp3) is 0.100. The molecule has 1 aromatic carbocycles. The molecule has 0 bridgehead atoms. The monoisotopic (exact) mass is 228 g/mol. The van der Waals surface area contributed by atoms with Crippen LogP contribution >= 0.6 is 24.2 Å². The van der Waals surface area contributed by atoms with Crippen LogP contribution in [-0.2, 0) is 0 Å². The second kappa shape index (κ2) is 7.47. The van der Waals surface area contributed by atoms with Gasteiger partial charge in [-0.3, -0.25) is 5.41 Å². The predicted octanol–water partition coefficient (Wildman–Crippen LogP) is 2.75. The van der Waals surface area contributed by atoms with Crippen molar-refractivity contribution in [3.8, 4) is 0 Å². The van der Waals surface area contributed by atoms with Crippen molar-refractivity contribution in [3.05, 3.63) is 42.0 Å². The molecule has 0 heterocycles. The number of nitrogens with two attached hydrogens (primary N) is 1.